The van der Waals surface area contributed by atoms with E-state index in [0.717, 1.165) is 0 Å². The lowest BCUT2D eigenvalue weighted by Gasteiger charge is -2.23. The Labute approximate surface area is 107 Å². The summed E-state index contributed by atoms with van der Waals surface area (Å²) in [6, 6.07) is 4.60. The largest absolute Gasteiger partial charge is 0.486 e. The fourth-order valence-electron chi connectivity index (χ4n) is 1.63. The molecular weight excluding hydrogens is 254 g/mol. The molecular formula is C12H17NO4S. The third-order valence-electron chi connectivity index (χ3n) is 2.92. The van der Waals surface area contributed by atoms with Crippen molar-refractivity contribution in [3.05, 3.63) is 18.2 Å². The van der Waals surface area contributed by atoms with E-state index in [1.807, 2.05) is 13.8 Å². The van der Waals surface area contributed by atoms with Gasteiger partial charge in [-0.1, -0.05) is 0 Å². The minimum Gasteiger partial charge on any atom is -0.486 e. The van der Waals surface area contributed by atoms with Gasteiger partial charge in [0.2, 0.25) is 10.0 Å². The average Bonchev–Trinajstić information content (AvgIpc) is 2.37. The van der Waals surface area contributed by atoms with E-state index in [9.17, 15) is 8.42 Å². The van der Waals surface area contributed by atoms with Gasteiger partial charge in [0, 0.05) is 19.2 Å². The first-order chi connectivity index (χ1) is 8.43. The molecule has 0 saturated carbocycles. The summed E-state index contributed by atoms with van der Waals surface area (Å²) in [4.78, 5) is 0.225. The molecule has 5 nitrogen and oxygen atoms in total. The van der Waals surface area contributed by atoms with Crippen LogP contribution in [0.5, 0.6) is 11.5 Å². The van der Waals surface area contributed by atoms with Crippen molar-refractivity contribution < 1.29 is 17.9 Å². The van der Waals surface area contributed by atoms with Crippen LogP contribution < -0.4 is 9.47 Å². The molecule has 0 saturated heterocycles. The molecule has 0 N–H and O–H groups in total. The van der Waals surface area contributed by atoms with Crippen molar-refractivity contribution in [3.8, 4) is 11.5 Å². The van der Waals surface area contributed by atoms with Crippen LogP contribution in [0.25, 0.3) is 0 Å². The summed E-state index contributed by atoms with van der Waals surface area (Å²) >= 11 is 0. The van der Waals surface area contributed by atoms with Gasteiger partial charge in [0.15, 0.2) is 11.5 Å². The number of hydrogen-bond donors (Lipinski definition) is 0. The van der Waals surface area contributed by atoms with Gasteiger partial charge in [-0.15, -0.1) is 0 Å². The molecule has 0 amide bonds. The van der Waals surface area contributed by atoms with Crippen LogP contribution in [-0.4, -0.2) is 39.0 Å². The first kappa shape index (κ1) is 13.2. The van der Waals surface area contributed by atoms with E-state index in [1.165, 1.54) is 10.4 Å². The topological polar surface area (TPSA) is 55.8 Å². The zero-order valence-electron chi connectivity index (χ0n) is 10.7. The van der Waals surface area contributed by atoms with Crippen LogP contribution in [0.3, 0.4) is 0 Å². The van der Waals surface area contributed by atoms with Gasteiger partial charge in [-0.2, -0.15) is 4.31 Å². The summed E-state index contributed by atoms with van der Waals surface area (Å²) in [6.07, 6.45) is 0. The third kappa shape index (κ3) is 2.30. The Kier molecular flexibility index (Phi) is 3.49. The molecule has 18 heavy (non-hydrogen) atoms. The smallest absolute Gasteiger partial charge is 0.243 e. The third-order valence-corrected chi connectivity index (χ3v) is 4.95. The van der Waals surface area contributed by atoms with Crippen LogP contribution in [0.4, 0.5) is 0 Å². The predicted octanol–water partition coefficient (Wildman–Crippen LogP) is 1.49. The molecule has 0 atom stereocenters. The van der Waals surface area contributed by atoms with E-state index in [0.29, 0.717) is 24.7 Å². The van der Waals surface area contributed by atoms with Gasteiger partial charge in [0.25, 0.3) is 0 Å². The van der Waals surface area contributed by atoms with Crippen LogP contribution in [-0.2, 0) is 10.0 Å². The predicted molar refractivity (Wildman–Crippen MR) is 67.5 cm³/mol. The van der Waals surface area contributed by atoms with Gasteiger partial charge in [0.05, 0.1) is 4.90 Å². The summed E-state index contributed by atoms with van der Waals surface area (Å²) < 4.78 is 36.7. The lowest BCUT2D eigenvalue weighted by atomic mass is 10.3. The van der Waals surface area contributed by atoms with E-state index >= 15 is 0 Å². The molecule has 0 aliphatic carbocycles. The molecule has 0 unspecified atom stereocenters. The standard InChI is InChI=1S/C12H17NO4S/c1-9(2)13(3)18(14,15)10-4-5-11-12(8-10)17-7-6-16-11/h4-5,8-9H,6-7H2,1-3H3. The van der Waals surface area contributed by atoms with Crippen molar-refractivity contribution in [3.63, 3.8) is 0 Å². The Morgan fingerprint density at radius 3 is 2.39 bits per heavy atom. The van der Waals surface area contributed by atoms with E-state index < -0.39 is 10.0 Å². The molecule has 0 spiro atoms. The summed E-state index contributed by atoms with van der Waals surface area (Å²) in [5.74, 6) is 1.08. The number of ether oxygens (including phenoxy) is 2. The summed E-state index contributed by atoms with van der Waals surface area (Å²) in [5.41, 5.74) is 0. The maximum Gasteiger partial charge on any atom is 0.243 e. The first-order valence-electron chi connectivity index (χ1n) is 5.80. The second-order valence-corrected chi connectivity index (χ2v) is 6.42. The highest BCUT2D eigenvalue weighted by Gasteiger charge is 2.25. The molecule has 0 fully saturated rings. The van der Waals surface area contributed by atoms with Crippen LogP contribution in [0.1, 0.15) is 13.8 Å². The Balaban J connectivity index is 2.40. The molecule has 0 radical (unpaired) electrons. The van der Waals surface area contributed by atoms with E-state index in [2.05, 4.69) is 0 Å². The van der Waals surface area contributed by atoms with Crippen molar-refractivity contribution in [2.24, 2.45) is 0 Å². The molecule has 1 aliphatic heterocycles. The fraction of sp³-hybridized carbons (Fsp3) is 0.500. The summed E-state index contributed by atoms with van der Waals surface area (Å²) in [6.45, 7) is 4.59. The maximum absolute atomic E-state index is 12.3. The van der Waals surface area contributed by atoms with Gasteiger partial charge in [-0.3, -0.25) is 0 Å². The minimum absolute atomic E-state index is 0.0943. The zero-order chi connectivity index (χ0) is 13.3. The summed E-state index contributed by atoms with van der Waals surface area (Å²) in [7, 11) is -1.91. The fourth-order valence-corrected chi connectivity index (χ4v) is 3.01. The zero-order valence-corrected chi connectivity index (χ0v) is 11.5. The number of nitrogens with zero attached hydrogens (tertiary/aromatic N) is 1. The van der Waals surface area contributed by atoms with E-state index in [-0.39, 0.29) is 10.9 Å². The second-order valence-electron chi connectivity index (χ2n) is 4.42. The highest BCUT2D eigenvalue weighted by atomic mass is 32.2. The van der Waals surface area contributed by atoms with Crippen LogP contribution in [0.2, 0.25) is 0 Å². The number of benzene rings is 1. The number of fused-ring (bicyclic) bond motifs is 1. The van der Waals surface area contributed by atoms with Crippen molar-refractivity contribution in [2.75, 3.05) is 20.3 Å². The Morgan fingerprint density at radius 1 is 1.17 bits per heavy atom. The monoisotopic (exact) mass is 271 g/mol. The van der Waals surface area contributed by atoms with Gasteiger partial charge in [-0.05, 0) is 26.0 Å². The maximum atomic E-state index is 12.3. The second kappa shape index (κ2) is 4.78. The molecule has 1 aromatic carbocycles. The normalized spacial score (nSPS) is 15.2. The summed E-state index contributed by atoms with van der Waals surface area (Å²) in [5, 5.41) is 0. The Hall–Kier alpha value is -1.27. The molecule has 6 heteroatoms. The van der Waals surface area contributed by atoms with Crippen LogP contribution >= 0.6 is 0 Å². The average molecular weight is 271 g/mol. The molecule has 1 aliphatic rings. The van der Waals surface area contributed by atoms with Gasteiger partial charge in [-0.25, -0.2) is 8.42 Å². The number of rotatable bonds is 3. The van der Waals surface area contributed by atoms with Gasteiger partial charge >= 0.3 is 0 Å². The SMILES string of the molecule is CC(C)N(C)S(=O)(=O)c1ccc2c(c1)OCCO2. The van der Waals surface area contributed by atoms with E-state index in [1.54, 1.807) is 19.2 Å². The van der Waals surface area contributed by atoms with Crippen LogP contribution in [0, 0.1) is 0 Å². The number of sulfonamides is 1. The molecule has 1 aromatic rings. The van der Waals surface area contributed by atoms with Crippen molar-refractivity contribution >= 4 is 10.0 Å². The quantitative estimate of drug-likeness (QED) is 0.835. The number of hydrogen-bond acceptors (Lipinski definition) is 4. The van der Waals surface area contributed by atoms with Crippen LogP contribution in [0.15, 0.2) is 23.1 Å². The van der Waals surface area contributed by atoms with Gasteiger partial charge in [0.1, 0.15) is 13.2 Å². The first-order valence-corrected chi connectivity index (χ1v) is 7.24. The molecule has 0 bridgehead atoms. The molecule has 0 aromatic heterocycles. The molecule has 2 rings (SSSR count). The minimum atomic E-state index is -3.47. The Morgan fingerprint density at radius 2 is 1.78 bits per heavy atom. The molecule has 100 valence electrons. The lowest BCUT2D eigenvalue weighted by molar-refractivity contribution is 0.171. The highest BCUT2D eigenvalue weighted by Crippen LogP contribution is 2.33. The lowest BCUT2D eigenvalue weighted by Crippen LogP contribution is -2.33. The molecule has 1 heterocycles. The van der Waals surface area contributed by atoms with Crippen molar-refractivity contribution in [1.29, 1.82) is 0 Å². The highest BCUT2D eigenvalue weighted by molar-refractivity contribution is 7.89. The van der Waals surface area contributed by atoms with E-state index in [4.69, 9.17) is 9.47 Å². The van der Waals surface area contributed by atoms with Crippen molar-refractivity contribution in [1.82, 2.24) is 4.31 Å². The van der Waals surface area contributed by atoms with Crippen molar-refractivity contribution in [2.45, 2.75) is 24.8 Å². The Bertz CT molecular complexity index is 539. The van der Waals surface area contributed by atoms with Gasteiger partial charge < -0.3 is 9.47 Å².